The van der Waals surface area contributed by atoms with Gasteiger partial charge in [-0.15, -0.1) is 0 Å². The Morgan fingerprint density at radius 3 is 2.53 bits per heavy atom. The average Bonchev–Trinajstić information content (AvgIpc) is 2.80. The summed E-state index contributed by atoms with van der Waals surface area (Å²) >= 11 is 0. The van der Waals surface area contributed by atoms with E-state index in [1.807, 2.05) is 0 Å². The third-order valence-corrected chi connectivity index (χ3v) is 4.68. The molecule has 2 aromatic carbocycles. The van der Waals surface area contributed by atoms with Gasteiger partial charge in [-0.1, -0.05) is 30.3 Å². The van der Waals surface area contributed by atoms with Crippen LogP contribution in [0.25, 0.3) is 0 Å². The van der Waals surface area contributed by atoms with Crippen molar-refractivity contribution in [3.05, 3.63) is 94.8 Å². The zero-order chi connectivity index (χ0) is 23.1. The highest BCUT2D eigenvalue weighted by Crippen LogP contribution is 2.30. The Balaban J connectivity index is 1.73. The van der Waals surface area contributed by atoms with Gasteiger partial charge in [0.2, 0.25) is 0 Å². The summed E-state index contributed by atoms with van der Waals surface area (Å²) in [5, 5.41) is 9.99. The molecule has 0 saturated carbocycles. The number of carbonyl (C=O) groups is 1. The number of nitrogens with two attached hydrogens (primary N) is 1. The molecule has 4 N–H and O–H groups in total. The third-order valence-electron chi connectivity index (χ3n) is 4.68. The number of hydrogen-bond acceptors (Lipinski definition) is 5. The van der Waals surface area contributed by atoms with E-state index in [-0.39, 0.29) is 24.7 Å². The Morgan fingerprint density at radius 2 is 1.91 bits per heavy atom. The molecular formula is C23H22F2N4O3. The number of nitrogen functional groups attached to an aromatic ring is 1. The SMILES string of the molecule is COC(C(=O)NCc1ccc(C(=N)N)cc1)c1c(F)ccc(OCc2cccnc2)c1F. The van der Waals surface area contributed by atoms with Gasteiger partial charge in [-0.25, -0.2) is 8.78 Å². The van der Waals surface area contributed by atoms with Gasteiger partial charge in [0, 0.05) is 37.2 Å². The summed E-state index contributed by atoms with van der Waals surface area (Å²) in [6.45, 7) is 0.118. The minimum atomic E-state index is -1.52. The number of pyridine rings is 1. The Morgan fingerprint density at radius 1 is 1.16 bits per heavy atom. The van der Waals surface area contributed by atoms with Crippen LogP contribution >= 0.6 is 0 Å². The van der Waals surface area contributed by atoms with Crippen molar-refractivity contribution >= 4 is 11.7 Å². The van der Waals surface area contributed by atoms with Crippen LogP contribution in [0.4, 0.5) is 8.78 Å². The van der Waals surface area contributed by atoms with E-state index in [4.69, 9.17) is 20.6 Å². The van der Waals surface area contributed by atoms with E-state index in [0.717, 1.165) is 12.1 Å². The molecule has 1 amide bonds. The minimum Gasteiger partial charge on any atom is -0.486 e. The highest BCUT2D eigenvalue weighted by atomic mass is 19.1. The van der Waals surface area contributed by atoms with Crippen LogP contribution in [0.2, 0.25) is 0 Å². The second-order valence-electron chi connectivity index (χ2n) is 6.87. The molecular weight excluding hydrogens is 418 g/mol. The molecule has 3 aromatic rings. The molecule has 9 heteroatoms. The summed E-state index contributed by atoms with van der Waals surface area (Å²) < 4.78 is 40.1. The molecule has 0 aliphatic heterocycles. The van der Waals surface area contributed by atoms with Gasteiger partial charge in [-0.05, 0) is 23.8 Å². The quantitative estimate of drug-likeness (QED) is 0.350. The topological polar surface area (TPSA) is 110 Å². The van der Waals surface area contributed by atoms with Gasteiger partial charge in [-0.3, -0.25) is 15.2 Å². The zero-order valence-corrected chi connectivity index (χ0v) is 17.3. The van der Waals surface area contributed by atoms with E-state index < -0.39 is 29.2 Å². The number of halogens is 2. The molecule has 32 heavy (non-hydrogen) atoms. The zero-order valence-electron chi connectivity index (χ0n) is 17.3. The molecule has 0 spiro atoms. The number of amidine groups is 1. The van der Waals surface area contributed by atoms with Crippen molar-refractivity contribution in [2.45, 2.75) is 19.3 Å². The van der Waals surface area contributed by atoms with Crippen LogP contribution in [-0.4, -0.2) is 23.8 Å². The van der Waals surface area contributed by atoms with Gasteiger partial charge in [0.1, 0.15) is 18.3 Å². The number of rotatable bonds is 9. The lowest BCUT2D eigenvalue weighted by atomic mass is 10.1. The van der Waals surface area contributed by atoms with Crippen molar-refractivity contribution in [1.82, 2.24) is 10.3 Å². The van der Waals surface area contributed by atoms with E-state index >= 15 is 4.39 Å². The van der Waals surface area contributed by atoms with Crippen LogP contribution in [0.5, 0.6) is 5.75 Å². The number of carbonyl (C=O) groups excluding carboxylic acids is 1. The van der Waals surface area contributed by atoms with E-state index in [1.54, 1.807) is 48.8 Å². The van der Waals surface area contributed by atoms with E-state index in [9.17, 15) is 9.18 Å². The first-order valence-corrected chi connectivity index (χ1v) is 9.64. The summed E-state index contributed by atoms with van der Waals surface area (Å²) in [5.74, 6) is -2.94. The van der Waals surface area contributed by atoms with Crippen molar-refractivity contribution < 1.29 is 23.0 Å². The lowest BCUT2D eigenvalue weighted by Gasteiger charge is -2.19. The molecule has 0 fully saturated rings. The maximum atomic E-state index is 15.0. The van der Waals surface area contributed by atoms with Crippen LogP contribution in [0, 0.1) is 17.0 Å². The van der Waals surface area contributed by atoms with Gasteiger partial charge in [0.05, 0.1) is 5.56 Å². The Hall–Kier alpha value is -3.85. The van der Waals surface area contributed by atoms with Gasteiger partial charge in [0.15, 0.2) is 17.7 Å². The number of methoxy groups -OCH3 is 1. The van der Waals surface area contributed by atoms with Crippen LogP contribution in [-0.2, 0) is 22.7 Å². The van der Waals surface area contributed by atoms with Gasteiger partial charge in [0.25, 0.3) is 5.91 Å². The molecule has 1 unspecified atom stereocenters. The second kappa shape index (κ2) is 10.5. The summed E-state index contributed by atoms with van der Waals surface area (Å²) in [6, 6.07) is 12.3. The predicted molar refractivity (Wildman–Crippen MR) is 114 cm³/mol. The maximum Gasteiger partial charge on any atom is 0.254 e. The van der Waals surface area contributed by atoms with Gasteiger partial charge < -0.3 is 20.5 Å². The molecule has 0 bridgehead atoms. The molecule has 166 valence electrons. The molecule has 1 heterocycles. The maximum absolute atomic E-state index is 15.0. The highest BCUT2D eigenvalue weighted by molar-refractivity contribution is 5.94. The molecule has 3 rings (SSSR count). The fourth-order valence-electron chi connectivity index (χ4n) is 2.99. The fourth-order valence-corrected chi connectivity index (χ4v) is 2.99. The first-order chi connectivity index (χ1) is 15.4. The third kappa shape index (κ3) is 5.44. The summed E-state index contributed by atoms with van der Waals surface area (Å²) in [5.41, 5.74) is 6.84. The Bertz CT molecular complexity index is 1090. The number of nitrogens with one attached hydrogen (secondary N) is 2. The highest BCUT2D eigenvalue weighted by Gasteiger charge is 2.29. The number of nitrogens with zero attached hydrogens (tertiary/aromatic N) is 1. The average molecular weight is 440 g/mol. The molecule has 7 nitrogen and oxygen atoms in total. The summed E-state index contributed by atoms with van der Waals surface area (Å²) in [4.78, 5) is 16.6. The van der Waals surface area contributed by atoms with Gasteiger partial charge in [-0.2, -0.15) is 0 Å². The normalized spacial score (nSPS) is 11.6. The number of benzene rings is 2. The molecule has 1 atom stereocenters. The first-order valence-electron chi connectivity index (χ1n) is 9.64. The lowest BCUT2D eigenvalue weighted by molar-refractivity contribution is -0.131. The predicted octanol–water partition coefficient (Wildman–Crippen LogP) is 3.23. The van der Waals surface area contributed by atoms with Crippen molar-refractivity contribution in [3.8, 4) is 5.75 Å². The monoisotopic (exact) mass is 440 g/mol. The largest absolute Gasteiger partial charge is 0.486 e. The molecule has 0 radical (unpaired) electrons. The second-order valence-corrected chi connectivity index (χ2v) is 6.87. The molecule has 0 saturated heterocycles. The molecule has 0 aliphatic carbocycles. The molecule has 1 aromatic heterocycles. The number of amides is 1. The minimum absolute atomic E-state index is 0.0237. The summed E-state index contributed by atoms with van der Waals surface area (Å²) in [6.07, 6.45) is 1.64. The number of hydrogen-bond donors (Lipinski definition) is 3. The van der Waals surface area contributed by atoms with Crippen LogP contribution in [0.3, 0.4) is 0 Å². The van der Waals surface area contributed by atoms with Crippen molar-refractivity contribution in [2.75, 3.05) is 7.11 Å². The standard InChI is InChI=1S/C23H22F2N4O3/c1-31-21(23(30)29-12-14-4-6-16(7-5-14)22(26)27)19-17(24)8-9-18(20(19)25)32-13-15-3-2-10-28-11-15/h2-11,21H,12-13H2,1H3,(H3,26,27)(H,29,30). The fraction of sp³-hybridized carbons (Fsp3) is 0.174. The van der Waals surface area contributed by atoms with Crippen LogP contribution in [0.15, 0.2) is 60.9 Å². The smallest absolute Gasteiger partial charge is 0.254 e. The van der Waals surface area contributed by atoms with Crippen molar-refractivity contribution in [3.63, 3.8) is 0 Å². The van der Waals surface area contributed by atoms with E-state index in [1.165, 1.54) is 7.11 Å². The van der Waals surface area contributed by atoms with Gasteiger partial charge >= 0.3 is 0 Å². The van der Waals surface area contributed by atoms with Crippen molar-refractivity contribution in [2.24, 2.45) is 5.73 Å². The lowest BCUT2D eigenvalue weighted by Crippen LogP contribution is -2.31. The van der Waals surface area contributed by atoms with E-state index in [0.29, 0.717) is 16.7 Å². The Labute approximate surface area is 183 Å². The summed E-state index contributed by atoms with van der Waals surface area (Å²) in [7, 11) is 1.19. The number of aromatic nitrogens is 1. The number of ether oxygens (including phenoxy) is 2. The Kier molecular flexibility index (Phi) is 7.45. The van der Waals surface area contributed by atoms with Crippen LogP contribution < -0.4 is 15.8 Å². The van der Waals surface area contributed by atoms with Crippen LogP contribution in [0.1, 0.15) is 28.4 Å². The van der Waals surface area contributed by atoms with E-state index in [2.05, 4.69) is 10.3 Å². The van der Waals surface area contributed by atoms with Crippen molar-refractivity contribution in [1.29, 1.82) is 5.41 Å². The molecule has 0 aliphatic rings. The first kappa shape index (κ1) is 22.8.